The van der Waals surface area contributed by atoms with E-state index in [1.165, 1.54) is 61.5 Å². The van der Waals surface area contributed by atoms with E-state index in [1.807, 2.05) is 23.5 Å². The Morgan fingerprint density at radius 3 is 2.17 bits per heavy atom. The molecular formula is C20H34N2S2. The van der Waals surface area contributed by atoms with Gasteiger partial charge in [0, 0.05) is 10.5 Å². The van der Waals surface area contributed by atoms with E-state index in [-0.39, 0.29) is 0 Å². The first kappa shape index (κ1) is 18.8. The third kappa shape index (κ3) is 4.60. The highest BCUT2D eigenvalue weighted by molar-refractivity contribution is 8.15. The largest absolute Gasteiger partial charge is 0.279 e. The SMILES string of the molecule is CC1=NC2C(CC3N=C(C)SC3C2C)S1.CC1CCCCCCC1. The number of nitrogens with zero attached hydrogens (tertiary/aromatic N) is 2. The van der Waals surface area contributed by atoms with Crippen LogP contribution in [0.2, 0.25) is 0 Å². The zero-order valence-electron chi connectivity index (χ0n) is 15.8. The van der Waals surface area contributed by atoms with Crippen molar-refractivity contribution in [3.05, 3.63) is 0 Å². The molecule has 2 aliphatic heterocycles. The molecule has 0 radical (unpaired) electrons. The first-order chi connectivity index (χ1) is 11.5. The first-order valence-electron chi connectivity index (χ1n) is 9.96. The van der Waals surface area contributed by atoms with Crippen LogP contribution >= 0.6 is 23.5 Å². The highest BCUT2D eigenvalue weighted by Crippen LogP contribution is 2.47. The number of aliphatic imine (C=N–C) groups is 2. The van der Waals surface area contributed by atoms with Crippen LogP contribution in [0, 0.1) is 11.8 Å². The van der Waals surface area contributed by atoms with Crippen molar-refractivity contribution < 1.29 is 0 Å². The van der Waals surface area contributed by atoms with E-state index in [2.05, 4.69) is 27.7 Å². The minimum atomic E-state index is 0.560. The summed E-state index contributed by atoms with van der Waals surface area (Å²) < 4.78 is 0. The molecule has 0 aromatic heterocycles. The minimum Gasteiger partial charge on any atom is -0.279 e. The van der Waals surface area contributed by atoms with Gasteiger partial charge in [0.1, 0.15) is 0 Å². The topological polar surface area (TPSA) is 24.7 Å². The summed E-state index contributed by atoms with van der Waals surface area (Å²) >= 11 is 3.95. The minimum absolute atomic E-state index is 0.560. The van der Waals surface area contributed by atoms with Crippen LogP contribution in [0.5, 0.6) is 0 Å². The van der Waals surface area contributed by atoms with Gasteiger partial charge in [-0.15, -0.1) is 23.5 Å². The monoisotopic (exact) mass is 366 g/mol. The van der Waals surface area contributed by atoms with Gasteiger partial charge >= 0.3 is 0 Å². The molecular weight excluding hydrogens is 332 g/mol. The second kappa shape index (κ2) is 8.62. The average molecular weight is 367 g/mol. The van der Waals surface area contributed by atoms with Crippen molar-refractivity contribution in [2.24, 2.45) is 21.8 Å². The number of rotatable bonds is 0. The predicted octanol–water partition coefficient (Wildman–Crippen LogP) is 6.20. The van der Waals surface area contributed by atoms with Crippen molar-refractivity contribution in [3.63, 3.8) is 0 Å². The van der Waals surface area contributed by atoms with Crippen molar-refractivity contribution in [1.82, 2.24) is 0 Å². The quantitative estimate of drug-likeness (QED) is 0.510. The van der Waals surface area contributed by atoms with Crippen LogP contribution in [0.25, 0.3) is 0 Å². The van der Waals surface area contributed by atoms with Crippen molar-refractivity contribution in [2.45, 2.75) is 102 Å². The second-order valence-corrected chi connectivity index (χ2v) is 10.9. The van der Waals surface area contributed by atoms with Crippen LogP contribution < -0.4 is 0 Å². The Labute approximate surface area is 157 Å². The van der Waals surface area contributed by atoms with Crippen LogP contribution in [0.15, 0.2) is 9.98 Å². The van der Waals surface area contributed by atoms with Crippen molar-refractivity contribution in [2.75, 3.05) is 0 Å². The normalized spacial score (nSPS) is 39.6. The predicted molar refractivity (Wildman–Crippen MR) is 112 cm³/mol. The van der Waals surface area contributed by atoms with Crippen LogP contribution in [-0.2, 0) is 0 Å². The fraction of sp³-hybridized carbons (Fsp3) is 0.900. The van der Waals surface area contributed by atoms with E-state index in [4.69, 9.17) is 9.98 Å². The molecule has 2 fully saturated rings. The average Bonchev–Trinajstić information content (AvgIpc) is 3.06. The molecule has 4 heteroatoms. The highest BCUT2D eigenvalue weighted by Gasteiger charge is 2.47. The Hall–Kier alpha value is 0.0400. The van der Waals surface area contributed by atoms with E-state index in [0.29, 0.717) is 28.5 Å². The zero-order chi connectivity index (χ0) is 17.1. The number of hydrogen-bond donors (Lipinski definition) is 0. The van der Waals surface area contributed by atoms with Gasteiger partial charge in [-0.05, 0) is 32.1 Å². The molecule has 2 nitrogen and oxygen atoms in total. The molecule has 5 unspecified atom stereocenters. The molecule has 0 bridgehead atoms. The van der Waals surface area contributed by atoms with Gasteiger partial charge in [0.2, 0.25) is 0 Å². The molecule has 24 heavy (non-hydrogen) atoms. The lowest BCUT2D eigenvalue weighted by atomic mass is 9.82. The van der Waals surface area contributed by atoms with E-state index in [1.54, 1.807) is 0 Å². The first-order valence-corrected chi connectivity index (χ1v) is 11.7. The Bertz CT molecular complexity index is 480. The van der Waals surface area contributed by atoms with Gasteiger partial charge in [-0.25, -0.2) is 0 Å². The second-order valence-electron chi connectivity index (χ2n) is 8.14. The summed E-state index contributed by atoms with van der Waals surface area (Å²) in [6.07, 6.45) is 11.7. The summed E-state index contributed by atoms with van der Waals surface area (Å²) in [4.78, 5) is 9.55. The van der Waals surface area contributed by atoms with E-state index >= 15 is 0 Å². The summed E-state index contributed by atoms with van der Waals surface area (Å²) in [7, 11) is 0. The van der Waals surface area contributed by atoms with E-state index in [0.717, 1.165) is 5.92 Å². The smallest absolute Gasteiger partial charge is 0.0669 e. The van der Waals surface area contributed by atoms with E-state index in [9.17, 15) is 0 Å². The van der Waals surface area contributed by atoms with Crippen LogP contribution in [0.4, 0.5) is 0 Å². The molecule has 2 heterocycles. The molecule has 4 aliphatic rings. The lowest BCUT2D eigenvalue weighted by Gasteiger charge is -2.36. The van der Waals surface area contributed by atoms with Crippen LogP contribution in [0.3, 0.4) is 0 Å². The molecule has 5 atom stereocenters. The highest BCUT2D eigenvalue weighted by atomic mass is 32.2. The Morgan fingerprint density at radius 2 is 1.46 bits per heavy atom. The Balaban J connectivity index is 0.000000162. The van der Waals surface area contributed by atoms with Gasteiger partial charge in [-0.2, -0.15) is 0 Å². The molecule has 0 saturated heterocycles. The van der Waals surface area contributed by atoms with Crippen LogP contribution in [-0.4, -0.2) is 32.7 Å². The van der Waals surface area contributed by atoms with Crippen molar-refractivity contribution in [3.8, 4) is 0 Å². The lowest BCUT2D eigenvalue weighted by molar-refractivity contribution is 0.330. The molecule has 4 rings (SSSR count). The molecule has 0 aromatic rings. The maximum Gasteiger partial charge on any atom is 0.0669 e. The molecule has 2 saturated carbocycles. The molecule has 136 valence electrons. The lowest BCUT2D eigenvalue weighted by Crippen LogP contribution is -2.44. The third-order valence-electron chi connectivity index (χ3n) is 5.99. The Kier molecular flexibility index (Phi) is 6.76. The van der Waals surface area contributed by atoms with Gasteiger partial charge in [-0.3, -0.25) is 9.98 Å². The summed E-state index contributed by atoms with van der Waals surface area (Å²) in [6.45, 7) is 9.05. The van der Waals surface area contributed by atoms with Gasteiger partial charge in [-0.1, -0.05) is 58.8 Å². The summed E-state index contributed by atoms with van der Waals surface area (Å²) in [5.74, 6) is 1.70. The van der Waals surface area contributed by atoms with E-state index < -0.39 is 0 Å². The maximum atomic E-state index is 4.79. The third-order valence-corrected chi connectivity index (χ3v) is 8.67. The Morgan fingerprint density at radius 1 is 0.833 bits per heavy atom. The van der Waals surface area contributed by atoms with Gasteiger partial charge in [0.05, 0.1) is 22.2 Å². The molecule has 0 N–H and O–H groups in total. The van der Waals surface area contributed by atoms with Crippen molar-refractivity contribution in [1.29, 1.82) is 0 Å². The fourth-order valence-electron chi connectivity index (χ4n) is 4.61. The standard InChI is InChI=1S/C11H16N2S2.C9H18/c1-5-10-9(14-7(3)13-10)4-8-11(5)15-6(2)12-8;1-9-7-5-3-2-4-6-8-9/h5,8-11H,4H2,1-3H3;9H,2-8H2,1H3. The summed E-state index contributed by atoms with van der Waals surface area (Å²) in [5.41, 5.74) is 0. The van der Waals surface area contributed by atoms with Gasteiger partial charge in [0.25, 0.3) is 0 Å². The van der Waals surface area contributed by atoms with Gasteiger partial charge in [0.15, 0.2) is 0 Å². The zero-order valence-corrected chi connectivity index (χ0v) is 17.5. The molecule has 0 amide bonds. The number of hydrogen-bond acceptors (Lipinski definition) is 4. The summed E-state index contributed by atoms with van der Waals surface area (Å²) in [5, 5.41) is 3.96. The van der Waals surface area contributed by atoms with Crippen LogP contribution in [0.1, 0.15) is 79.1 Å². The van der Waals surface area contributed by atoms with Crippen molar-refractivity contribution >= 4 is 33.6 Å². The molecule has 0 aromatic carbocycles. The summed E-state index contributed by atoms with van der Waals surface area (Å²) in [6, 6.07) is 1.13. The van der Waals surface area contributed by atoms with Gasteiger partial charge < -0.3 is 0 Å². The molecule has 2 aliphatic carbocycles. The molecule has 0 spiro atoms. The fourth-order valence-corrected chi connectivity index (χ4v) is 7.26. The maximum absolute atomic E-state index is 4.79. The number of fused-ring (bicyclic) bond motifs is 2. The number of thioether (sulfide) groups is 2.